The van der Waals surface area contributed by atoms with E-state index in [9.17, 15) is 13.2 Å². The number of sulfonamides is 1. The summed E-state index contributed by atoms with van der Waals surface area (Å²) in [4.78, 5) is 16.7. The molecular weight excluding hydrogens is 324 g/mol. The first-order valence-electron chi connectivity index (χ1n) is 7.20. The highest BCUT2D eigenvalue weighted by molar-refractivity contribution is 7.92. The lowest BCUT2D eigenvalue weighted by Crippen LogP contribution is -2.16. The molecule has 0 aliphatic carbocycles. The Labute approximate surface area is 140 Å². The molecule has 0 amide bonds. The van der Waals surface area contributed by atoms with Gasteiger partial charge in [-0.3, -0.25) is 14.5 Å². The van der Waals surface area contributed by atoms with E-state index < -0.39 is 10.0 Å². The predicted octanol–water partition coefficient (Wildman–Crippen LogP) is 3.11. The molecule has 120 valence electrons. The molecule has 0 fully saturated rings. The third-order valence-corrected chi connectivity index (χ3v) is 4.75. The van der Waals surface area contributed by atoms with E-state index in [1.165, 1.54) is 18.3 Å². The predicted molar refractivity (Wildman–Crippen MR) is 91.4 cm³/mol. The summed E-state index contributed by atoms with van der Waals surface area (Å²) in [5.74, 6) is -0.345. The van der Waals surface area contributed by atoms with Crippen LogP contribution in [-0.2, 0) is 10.0 Å². The van der Waals surface area contributed by atoms with Gasteiger partial charge in [0.2, 0.25) is 5.78 Å². The van der Waals surface area contributed by atoms with Crippen molar-refractivity contribution in [1.82, 2.24) is 4.98 Å². The van der Waals surface area contributed by atoms with Crippen molar-refractivity contribution in [2.24, 2.45) is 0 Å². The maximum absolute atomic E-state index is 12.6. The fourth-order valence-corrected chi connectivity index (χ4v) is 3.31. The minimum Gasteiger partial charge on any atom is -0.287 e. The van der Waals surface area contributed by atoms with Crippen LogP contribution in [0.3, 0.4) is 0 Å². The first-order chi connectivity index (χ1) is 11.6. The van der Waals surface area contributed by atoms with Crippen LogP contribution in [0, 0.1) is 0 Å². The van der Waals surface area contributed by atoms with Gasteiger partial charge in [-0.25, -0.2) is 8.42 Å². The van der Waals surface area contributed by atoms with Crippen LogP contribution in [0.15, 0.2) is 83.9 Å². The Kier molecular flexibility index (Phi) is 4.39. The Bertz CT molecular complexity index is 956. The number of hydrogen-bond acceptors (Lipinski definition) is 4. The fraction of sp³-hybridized carbons (Fsp3) is 0. The minimum atomic E-state index is -3.77. The van der Waals surface area contributed by atoms with E-state index in [0.717, 1.165) is 0 Å². The zero-order valence-electron chi connectivity index (χ0n) is 12.6. The number of rotatable bonds is 5. The maximum atomic E-state index is 12.6. The summed E-state index contributed by atoms with van der Waals surface area (Å²) in [6.45, 7) is 0. The molecule has 0 saturated carbocycles. The summed E-state index contributed by atoms with van der Waals surface area (Å²) in [5.41, 5.74) is 0.719. The third kappa shape index (κ3) is 3.33. The smallest absolute Gasteiger partial charge is 0.261 e. The Balaban J connectivity index is 1.97. The standard InChI is InChI=1S/C18H14N2O3S/c21-18(17-12-6-7-13-19-17)15-10-4-5-11-16(15)20-24(22,23)14-8-2-1-3-9-14/h1-13,20H. The summed E-state index contributed by atoms with van der Waals surface area (Å²) < 4.78 is 27.4. The Morgan fingerprint density at radius 3 is 2.21 bits per heavy atom. The number of hydrogen-bond donors (Lipinski definition) is 1. The van der Waals surface area contributed by atoms with Crippen molar-refractivity contribution in [2.75, 3.05) is 4.72 Å². The van der Waals surface area contributed by atoms with E-state index in [-0.39, 0.29) is 27.6 Å². The molecule has 2 aromatic carbocycles. The van der Waals surface area contributed by atoms with Crippen LogP contribution < -0.4 is 4.72 Å². The molecule has 0 bridgehead atoms. The number of benzene rings is 2. The van der Waals surface area contributed by atoms with Crippen molar-refractivity contribution < 1.29 is 13.2 Å². The molecule has 0 saturated heterocycles. The second kappa shape index (κ2) is 6.64. The monoisotopic (exact) mass is 338 g/mol. The Morgan fingerprint density at radius 2 is 1.50 bits per heavy atom. The summed E-state index contributed by atoms with van der Waals surface area (Å²) in [5, 5.41) is 0. The number of nitrogens with zero attached hydrogens (tertiary/aromatic N) is 1. The highest BCUT2D eigenvalue weighted by atomic mass is 32.2. The second-order valence-electron chi connectivity index (χ2n) is 5.01. The van der Waals surface area contributed by atoms with Crippen molar-refractivity contribution >= 4 is 21.5 Å². The lowest BCUT2D eigenvalue weighted by molar-refractivity contribution is 0.103. The molecule has 3 rings (SSSR count). The van der Waals surface area contributed by atoms with Gasteiger partial charge in [-0.2, -0.15) is 0 Å². The topological polar surface area (TPSA) is 76.1 Å². The maximum Gasteiger partial charge on any atom is 0.261 e. The van der Waals surface area contributed by atoms with Gasteiger partial charge in [0.1, 0.15) is 5.69 Å². The molecule has 3 aromatic rings. The lowest BCUT2D eigenvalue weighted by Gasteiger charge is -2.11. The van der Waals surface area contributed by atoms with Gasteiger partial charge in [0, 0.05) is 11.8 Å². The molecule has 5 nitrogen and oxygen atoms in total. The quantitative estimate of drug-likeness (QED) is 0.725. The van der Waals surface area contributed by atoms with Crippen LogP contribution in [0.1, 0.15) is 16.1 Å². The van der Waals surface area contributed by atoms with Crippen molar-refractivity contribution in [1.29, 1.82) is 0 Å². The number of ketones is 1. The molecule has 1 heterocycles. The number of carbonyl (C=O) groups excluding carboxylic acids is 1. The van der Waals surface area contributed by atoms with Crippen LogP contribution in [0.25, 0.3) is 0 Å². The summed E-state index contributed by atoms with van der Waals surface area (Å²) in [6.07, 6.45) is 1.52. The Hall–Kier alpha value is -2.99. The highest BCUT2D eigenvalue weighted by Gasteiger charge is 2.19. The third-order valence-electron chi connectivity index (χ3n) is 3.37. The van der Waals surface area contributed by atoms with Crippen LogP contribution in [-0.4, -0.2) is 19.2 Å². The first-order valence-corrected chi connectivity index (χ1v) is 8.69. The van der Waals surface area contributed by atoms with Crippen molar-refractivity contribution in [3.63, 3.8) is 0 Å². The van der Waals surface area contributed by atoms with Gasteiger partial charge in [-0.15, -0.1) is 0 Å². The average molecular weight is 338 g/mol. The number of carbonyl (C=O) groups is 1. The van der Waals surface area contributed by atoms with Crippen LogP contribution in [0.5, 0.6) is 0 Å². The number of anilines is 1. The van der Waals surface area contributed by atoms with Crippen molar-refractivity contribution in [3.05, 3.63) is 90.3 Å². The van der Waals surface area contributed by atoms with Gasteiger partial charge in [0.25, 0.3) is 10.0 Å². The number of para-hydroxylation sites is 1. The van der Waals surface area contributed by atoms with E-state index in [1.807, 2.05) is 0 Å². The first kappa shape index (κ1) is 15.9. The Morgan fingerprint density at radius 1 is 0.833 bits per heavy atom. The van der Waals surface area contributed by atoms with Gasteiger partial charge in [0.05, 0.1) is 10.6 Å². The van der Waals surface area contributed by atoms with Gasteiger partial charge in [0.15, 0.2) is 0 Å². The van der Waals surface area contributed by atoms with Crippen LogP contribution in [0.4, 0.5) is 5.69 Å². The van der Waals surface area contributed by atoms with Crippen molar-refractivity contribution in [3.8, 4) is 0 Å². The van der Waals surface area contributed by atoms with E-state index in [0.29, 0.717) is 0 Å². The highest BCUT2D eigenvalue weighted by Crippen LogP contribution is 2.22. The normalized spacial score (nSPS) is 11.0. The number of nitrogens with one attached hydrogen (secondary N) is 1. The zero-order chi connectivity index (χ0) is 17.0. The number of aromatic nitrogens is 1. The van der Waals surface area contributed by atoms with Gasteiger partial charge in [-0.05, 0) is 36.4 Å². The van der Waals surface area contributed by atoms with E-state index in [2.05, 4.69) is 9.71 Å². The van der Waals surface area contributed by atoms with Crippen LogP contribution >= 0.6 is 0 Å². The molecule has 1 N–H and O–H groups in total. The molecule has 1 aromatic heterocycles. The number of pyridine rings is 1. The lowest BCUT2D eigenvalue weighted by atomic mass is 10.1. The van der Waals surface area contributed by atoms with E-state index in [4.69, 9.17) is 0 Å². The van der Waals surface area contributed by atoms with E-state index in [1.54, 1.807) is 60.7 Å². The molecule has 0 aliphatic rings. The van der Waals surface area contributed by atoms with Gasteiger partial charge >= 0.3 is 0 Å². The van der Waals surface area contributed by atoms with Gasteiger partial charge < -0.3 is 0 Å². The molecule has 0 spiro atoms. The minimum absolute atomic E-state index is 0.130. The molecule has 0 aliphatic heterocycles. The average Bonchev–Trinajstić information content (AvgIpc) is 2.63. The molecule has 24 heavy (non-hydrogen) atoms. The molecule has 0 unspecified atom stereocenters. The summed E-state index contributed by atoms with van der Waals surface area (Å²) in [6, 6.07) is 19.5. The molecule has 0 radical (unpaired) electrons. The van der Waals surface area contributed by atoms with Crippen molar-refractivity contribution in [2.45, 2.75) is 4.90 Å². The van der Waals surface area contributed by atoms with Gasteiger partial charge in [-0.1, -0.05) is 36.4 Å². The van der Waals surface area contributed by atoms with Crippen LogP contribution in [0.2, 0.25) is 0 Å². The summed E-state index contributed by atoms with van der Waals surface area (Å²) in [7, 11) is -3.77. The molecule has 0 atom stereocenters. The largest absolute Gasteiger partial charge is 0.287 e. The molecule has 6 heteroatoms. The summed E-state index contributed by atoms with van der Waals surface area (Å²) >= 11 is 0. The zero-order valence-corrected chi connectivity index (χ0v) is 13.4. The van der Waals surface area contributed by atoms with E-state index >= 15 is 0 Å². The molecular formula is C18H14N2O3S. The SMILES string of the molecule is O=C(c1ccccn1)c1ccccc1NS(=O)(=O)c1ccccc1. The second-order valence-corrected chi connectivity index (χ2v) is 6.69. The fourth-order valence-electron chi connectivity index (χ4n) is 2.21.